The normalized spacial score (nSPS) is 21.8. The highest BCUT2D eigenvalue weighted by Gasteiger charge is 2.22. The average Bonchev–Trinajstić information content (AvgIpc) is 2.54. The molecule has 1 aliphatic carbocycles. The Bertz CT molecular complexity index is 624. The second-order valence-electron chi connectivity index (χ2n) is 6.09. The molecule has 0 heterocycles. The fraction of sp³-hybridized carbons (Fsp3) is 0.588. The van der Waals surface area contributed by atoms with Crippen LogP contribution < -0.4 is 5.32 Å². The summed E-state index contributed by atoms with van der Waals surface area (Å²) in [5.41, 5.74) is 0.574. The quantitative estimate of drug-likeness (QED) is 0.865. The molecule has 128 valence electrons. The standard InChI is InChI=1S/C17H25NO4S/c1-3-23(20,21)15-10-8-14(9-11-15)18-17(19)12-22-16-7-5-4-6-13(16)2/h8-11,13,16H,3-7,12H2,1-2H3,(H,18,19)/t13-,16+/m0/s1. The van der Waals surface area contributed by atoms with E-state index in [1.165, 1.54) is 18.6 Å². The van der Waals surface area contributed by atoms with E-state index >= 15 is 0 Å². The maximum absolute atomic E-state index is 11.9. The van der Waals surface area contributed by atoms with E-state index in [1.807, 2.05) is 0 Å². The van der Waals surface area contributed by atoms with Crippen LogP contribution in [-0.4, -0.2) is 32.8 Å². The van der Waals surface area contributed by atoms with E-state index in [4.69, 9.17) is 4.74 Å². The number of hydrogen-bond donors (Lipinski definition) is 1. The van der Waals surface area contributed by atoms with Crippen LogP contribution in [-0.2, 0) is 19.4 Å². The van der Waals surface area contributed by atoms with E-state index in [2.05, 4.69) is 12.2 Å². The molecule has 1 aliphatic rings. The van der Waals surface area contributed by atoms with Crippen LogP contribution in [0.3, 0.4) is 0 Å². The molecular weight excluding hydrogens is 314 g/mol. The van der Waals surface area contributed by atoms with Crippen molar-refractivity contribution in [1.82, 2.24) is 0 Å². The zero-order chi connectivity index (χ0) is 16.9. The van der Waals surface area contributed by atoms with Gasteiger partial charge in [0, 0.05) is 5.69 Å². The van der Waals surface area contributed by atoms with Crippen LogP contribution in [0, 0.1) is 5.92 Å². The minimum atomic E-state index is -3.21. The Hall–Kier alpha value is -1.40. The maximum atomic E-state index is 11.9. The van der Waals surface area contributed by atoms with Gasteiger partial charge in [-0.05, 0) is 43.0 Å². The van der Waals surface area contributed by atoms with Crippen molar-refractivity contribution >= 4 is 21.4 Å². The molecule has 0 spiro atoms. The molecule has 1 saturated carbocycles. The molecule has 0 unspecified atom stereocenters. The smallest absolute Gasteiger partial charge is 0.250 e. The van der Waals surface area contributed by atoms with E-state index in [-0.39, 0.29) is 29.3 Å². The Kier molecular flexibility index (Phi) is 6.18. The van der Waals surface area contributed by atoms with E-state index in [9.17, 15) is 13.2 Å². The zero-order valence-corrected chi connectivity index (χ0v) is 14.6. The summed E-state index contributed by atoms with van der Waals surface area (Å²) >= 11 is 0. The van der Waals surface area contributed by atoms with Gasteiger partial charge in [0.2, 0.25) is 5.91 Å². The number of rotatable bonds is 6. The first kappa shape index (κ1) is 17.9. The number of carbonyl (C=O) groups is 1. The van der Waals surface area contributed by atoms with Crippen LogP contribution in [0.4, 0.5) is 5.69 Å². The van der Waals surface area contributed by atoms with Gasteiger partial charge in [0.15, 0.2) is 9.84 Å². The van der Waals surface area contributed by atoms with Crippen LogP contribution in [0.25, 0.3) is 0 Å². The van der Waals surface area contributed by atoms with E-state index in [0.29, 0.717) is 11.6 Å². The topological polar surface area (TPSA) is 72.5 Å². The molecule has 0 saturated heterocycles. The first-order valence-corrected chi connectivity index (χ1v) is 9.82. The van der Waals surface area contributed by atoms with Crippen LogP contribution in [0.15, 0.2) is 29.2 Å². The number of benzene rings is 1. The van der Waals surface area contributed by atoms with Crippen molar-refractivity contribution < 1.29 is 17.9 Å². The highest BCUT2D eigenvalue weighted by atomic mass is 32.2. The zero-order valence-electron chi connectivity index (χ0n) is 13.7. The lowest BCUT2D eigenvalue weighted by atomic mass is 9.88. The van der Waals surface area contributed by atoms with Crippen molar-refractivity contribution in [2.45, 2.75) is 50.5 Å². The number of anilines is 1. The van der Waals surface area contributed by atoms with Crippen molar-refractivity contribution in [3.8, 4) is 0 Å². The summed E-state index contributed by atoms with van der Waals surface area (Å²) in [5, 5.41) is 2.73. The largest absolute Gasteiger partial charge is 0.368 e. The third kappa shape index (κ3) is 5.04. The molecular formula is C17H25NO4S. The second kappa shape index (κ2) is 7.93. The number of nitrogens with one attached hydrogen (secondary N) is 1. The first-order chi connectivity index (χ1) is 10.9. The third-order valence-corrected chi connectivity index (χ3v) is 6.09. The van der Waals surface area contributed by atoms with Gasteiger partial charge in [0.1, 0.15) is 6.61 Å². The molecule has 2 atom stereocenters. The summed E-state index contributed by atoms with van der Waals surface area (Å²) in [6.45, 7) is 3.80. The fourth-order valence-electron chi connectivity index (χ4n) is 2.82. The second-order valence-corrected chi connectivity index (χ2v) is 8.37. The summed E-state index contributed by atoms with van der Waals surface area (Å²) in [6, 6.07) is 6.23. The van der Waals surface area contributed by atoms with Crippen molar-refractivity contribution in [2.75, 3.05) is 17.7 Å². The monoisotopic (exact) mass is 339 g/mol. The van der Waals surface area contributed by atoms with Gasteiger partial charge >= 0.3 is 0 Å². The minimum absolute atomic E-state index is 0.0318. The van der Waals surface area contributed by atoms with Gasteiger partial charge in [-0.1, -0.05) is 26.7 Å². The predicted octanol–water partition coefficient (Wildman–Crippen LogP) is 3.01. The molecule has 1 fully saturated rings. The van der Waals surface area contributed by atoms with Crippen LogP contribution in [0.2, 0.25) is 0 Å². The Labute approximate surface area is 138 Å². The lowest BCUT2D eigenvalue weighted by molar-refractivity contribution is -0.124. The fourth-order valence-corrected chi connectivity index (χ4v) is 3.71. The average molecular weight is 339 g/mol. The van der Waals surface area contributed by atoms with Crippen LogP contribution in [0.5, 0.6) is 0 Å². The number of carbonyl (C=O) groups excluding carboxylic acids is 1. The number of amides is 1. The summed E-state index contributed by atoms with van der Waals surface area (Å²) in [6.07, 6.45) is 4.72. The van der Waals surface area contributed by atoms with Gasteiger partial charge in [-0.3, -0.25) is 4.79 Å². The van der Waals surface area contributed by atoms with Gasteiger partial charge < -0.3 is 10.1 Å². The Balaban J connectivity index is 1.85. The molecule has 6 heteroatoms. The van der Waals surface area contributed by atoms with Crippen molar-refractivity contribution in [3.63, 3.8) is 0 Å². The van der Waals surface area contributed by atoms with Crippen molar-refractivity contribution in [2.24, 2.45) is 5.92 Å². The van der Waals surface area contributed by atoms with Crippen molar-refractivity contribution in [1.29, 1.82) is 0 Å². The van der Waals surface area contributed by atoms with Gasteiger partial charge in [0.05, 0.1) is 16.8 Å². The number of sulfone groups is 1. The summed E-state index contributed by atoms with van der Waals surface area (Å²) < 4.78 is 29.2. The molecule has 5 nitrogen and oxygen atoms in total. The Morgan fingerprint density at radius 2 is 1.87 bits per heavy atom. The number of hydrogen-bond acceptors (Lipinski definition) is 4. The van der Waals surface area contributed by atoms with Gasteiger partial charge in [-0.2, -0.15) is 0 Å². The van der Waals surface area contributed by atoms with Crippen LogP contribution in [0.1, 0.15) is 39.5 Å². The molecule has 0 bridgehead atoms. The molecule has 1 amide bonds. The van der Waals surface area contributed by atoms with E-state index < -0.39 is 9.84 Å². The number of ether oxygens (including phenoxy) is 1. The van der Waals surface area contributed by atoms with Gasteiger partial charge in [-0.15, -0.1) is 0 Å². The lowest BCUT2D eigenvalue weighted by Gasteiger charge is -2.28. The summed E-state index contributed by atoms with van der Waals surface area (Å²) in [7, 11) is -3.21. The van der Waals surface area contributed by atoms with E-state index in [1.54, 1.807) is 19.1 Å². The van der Waals surface area contributed by atoms with E-state index in [0.717, 1.165) is 19.3 Å². The summed E-state index contributed by atoms with van der Waals surface area (Å²) in [5.74, 6) is 0.343. The molecule has 1 aromatic carbocycles. The Morgan fingerprint density at radius 1 is 1.22 bits per heavy atom. The maximum Gasteiger partial charge on any atom is 0.250 e. The molecule has 1 N–H and O–H groups in total. The Morgan fingerprint density at radius 3 is 2.48 bits per heavy atom. The highest BCUT2D eigenvalue weighted by Crippen LogP contribution is 2.26. The molecule has 1 aromatic rings. The molecule has 0 radical (unpaired) electrons. The SMILES string of the molecule is CCS(=O)(=O)c1ccc(NC(=O)CO[C@@H]2CCCC[C@@H]2C)cc1. The highest BCUT2D eigenvalue weighted by molar-refractivity contribution is 7.91. The molecule has 0 aromatic heterocycles. The molecule has 23 heavy (non-hydrogen) atoms. The van der Waals surface area contributed by atoms with Crippen molar-refractivity contribution in [3.05, 3.63) is 24.3 Å². The minimum Gasteiger partial charge on any atom is -0.368 e. The predicted molar refractivity (Wildman–Crippen MR) is 90.2 cm³/mol. The van der Waals surface area contributed by atoms with Crippen LogP contribution >= 0.6 is 0 Å². The molecule has 0 aliphatic heterocycles. The van der Waals surface area contributed by atoms with Gasteiger partial charge in [0.25, 0.3) is 0 Å². The molecule has 2 rings (SSSR count). The third-order valence-electron chi connectivity index (χ3n) is 4.34. The summed E-state index contributed by atoms with van der Waals surface area (Å²) in [4.78, 5) is 12.2. The lowest BCUT2D eigenvalue weighted by Crippen LogP contribution is -2.29. The first-order valence-electron chi connectivity index (χ1n) is 8.16. The van der Waals surface area contributed by atoms with Gasteiger partial charge in [-0.25, -0.2) is 8.42 Å².